The van der Waals surface area contributed by atoms with Crippen molar-refractivity contribution in [3.63, 3.8) is 0 Å². The van der Waals surface area contributed by atoms with Crippen LogP contribution in [0.15, 0.2) is 0 Å². The Morgan fingerprint density at radius 1 is 1.17 bits per heavy atom. The van der Waals surface area contributed by atoms with Gasteiger partial charge in [0.25, 0.3) is 0 Å². The van der Waals surface area contributed by atoms with E-state index < -0.39 is 0 Å². The molecule has 3 unspecified atom stereocenters. The summed E-state index contributed by atoms with van der Waals surface area (Å²) in [7, 11) is 2.29. The molecule has 3 atom stereocenters. The van der Waals surface area contributed by atoms with Crippen molar-refractivity contribution in [2.75, 3.05) is 26.7 Å². The number of nitrogens with one attached hydrogen (secondary N) is 1. The molecule has 1 heterocycles. The van der Waals surface area contributed by atoms with Crippen LogP contribution < -0.4 is 5.32 Å². The first-order chi connectivity index (χ1) is 8.81. The molecule has 2 aliphatic rings. The van der Waals surface area contributed by atoms with Gasteiger partial charge in [0.2, 0.25) is 0 Å². The van der Waals surface area contributed by atoms with Crippen LogP contribution in [-0.2, 0) is 4.74 Å². The van der Waals surface area contributed by atoms with Crippen LogP contribution >= 0.6 is 0 Å². The molecule has 3 heteroatoms. The minimum Gasteiger partial charge on any atom is -0.377 e. The fourth-order valence-corrected chi connectivity index (χ4v) is 3.45. The number of likely N-dealkylation sites (N-methyl/N-ethyl adjacent to an activating group) is 1. The minimum absolute atomic E-state index is 0.490. The fraction of sp³-hybridized carbons (Fsp3) is 1.00. The molecule has 0 aromatic heterocycles. The second kappa shape index (κ2) is 7.46. The van der Waals surface area contributed by atoms with Crippen molar-refractivity contribution < 1.29 is 4.74 Å². The molecular weight excluding hydrogens is 224 g/mol. The van der Waals surface area contributed by atoms with Gasteiger partial charge in [-0.15, -0.1) is 0 Å². The minimum atomic E-state index is 0.490. The zero-order valence-electron chi connectivity index (χ0n) is 12.2. The molecule has 1 N–H and O–H groups in total. The largest absolute Gasteiger partial charge is 0.377 e. The summed E-state index contributed by atoms with van der Waals surface area (Å²) in [5.41, 5.74) is 0. The van der Waals surface area contributed by atoms with E-state index in [0.29, 0.717) is 12.1 Å². The smallest absolute Gasteiger partial charge is 0.0702 e. The number of rotatable bonds is 6. The Bertz CT molecular complexity index is 229. The van der Waals surface area contributed by atoms with Gasteiger partial charge in [0.05, 0.1) is 6.10 Å². The Balaban J connectivity index is 1.82. The van der Waals surface area contributed by atoms with Crippen molar-refractivity contribution in [2.24, 2.45) is 0 Å². The van der Waals surface area contributed by atoms with E-state index in [1.54, 1.807) is 0 Å². The average Bonchev–Trinajstić information content (AvgIpc) is 2.89. The van der Waals surface area contributed by atoms with Crippen LogP contribution in [0.4, 0.5) is 0 Å². The molecule has 18 heavy (non-hydrogen) atoms. The van der Waals surface area contributed by atoms with E-state index in [1.807, 2.05) is 0 Å². The predicted octanol–water partition coefficient (Wildman–Crippen LogP) is 2.41. The highest BCUT2D eigenvalue weighted by molar-refractivity contribution is 4.88. The standard InChI is InChI=1S/C15H30N2O/c1-3-10-16-14-8-4-5-9-15(14)17(2)12-13-7-6-11-18-13/h13-16H,3-12H2,1-2H3. The summed E-state index contributed by atoms with van der Waals surface area (Å²) < 4.78 is 5.77. The quantitative estimate of drug-likeness (QED) is 0.788. The van der Waals surface area contributed by atoms with Gasteiger partial charge in [0, 0.05) is 25.2 Å². The van der Waals surface area contributed by atoms with Gasteiger partial charge in [-0.25, -0.2) is 0 Å². The van der Waals surface area contributed by atoms with Gasteiger partial charge >= 0.3 is 0 Å². The topological polar surface area (TPSA) is 24.5 Å². The molecule has 2 rings (SSSR count). The summed E-state index contributed by atoms with van der Waals surface area (Å²) in [5, 5.41) is 3.74. The van der Waals surface area contributed by atoms with E-state index in [2.05, 4.69) is 24.2 Å². The van der Waals surface area contributed by atoms with E-state index in [9.17, 15) is 0 Å². The zero-order valence-corrected chi connectivity index (χ0v) is 12.2. The van der Waals surface area contributed by atoms with Gasteiger partial charge in [0.15, 0.2) is 0 Å². The first-order valence-electron chi connectivity index (χ1n) is 7.86. The molecule has 0 bridgehead atoms. The lowest BCUT2D eigenvalue weighted by atomic mass is 9.89. The summed E-state index contributed by atoms with van der Waals surface area (Å²) >= 11 is 0. The highest BCUT2D eigenvalue weighted by Crippen LogP contribution is 2.24. The molecule has 3 nitrogen and oxygen atoms in total. The monoisotopic (exact) mass is 254 g/mol. The van der Waals surface area contributed by atoms with Crippen molar-refractivity contribution >= 4 is 0 Å². The highest BCUT2D eigenvalue weighted by atomic mass is 16.5. The maximum Gasteiger partial charge on any atom is 0.0702 e. The molecule has 1 saturated heterocycles. The van der Waals surface area contributed by atoms with Gasteiger partial charge in [-0.05, 0) is 45.7 Å². The first-order valence-corrected chi connectivity index (χ1v) is 7.86. The summed E-state index contributed by atoms with van der Waals surface area (Å²) in [6, 6.07) is 1.42. The van der Waals surface area contributed by atoms with Crippen LogP contribution in [0.1, 0.15) is 51.9 Å². The van der Waals surface area contributed by atoms with Crippen molar-refractivity contribution in [1.82, 2.24) is 10.2 Å². The van der Waals surface area contributed by atoms with Crippen LogP contribution in [0.3, 0.4) is 0 Å². The van der Waals surface area contributed by atoms with Crippen molar-refractivity contribution in [1.29, 1.82) is 0 Å². The predicted molar refractivity (Wildman–Crippen MR) is 75.9 cm³/mol. The molecule has 106 valence electrons. The molecule has 0 aromatic carbocycles. The maximum absolute atomic E-state index is 5.77. The first kappa shape index (κ1) is 14.3. The second-order valence-electron chi connectivity index (χ2n) is 5.99. The zero-order chi connectivity index (χ0) is 12.8. The molecule has 1 saturated carbocycles. The molecular formula is C15H30N2O. The van der Waals surface area contributed by atoms with Crippen LogP contribution in [0.2, 0.25) is 0 Å². The molecule has 1 aliphatic carbocycles. The van der Waals surface area contributed by atoms with E-state index >= 15 is 0 Å². The highest BCUT2D eigenvalue weighted by Gasteiger charge is 2.29. The van der Waals surface area contributed by atoms with Gasteiger partial charge < -0.3 is 10.1 Å². The molecule has 0 spiro atoms. The van der Waals surface area contributed by atoms with Crippen molar-refractivity contribution in [3.8, 4) is 0 Å². The lowest BCUT2D eigenvalue weighted by Gasteiger charge is -2.39. The van der Waals surface area contributed by atoms with Crippen molar-refractivity contribution in [3.05, 3.63) is 0 Å². The van der Waals surface area contributed by atoms with Crippen LogP contribution in [0, 0.1) is 0 Å². The van der Waals surface area contributed by atoms with Crippen LogP contribution in [-0.4, -0.2) is 49.8 Å². The molecule has 2 fully saturated rings. The lowest BCUT2D eigenvalue weighted by molar-refractivity contribution is 0.0524. The SMILES string of the molecule is CCCNC1CCCCC1N(C)CC1CCCO1. The molecule has 0 radical (unpaired) electrons. The van der Waals surface area contributed by atoms with Crippen LogP contribution in [0.25, 0.3) is 0 Å². The third kappa shape index (κ3) is 3.94. The van der Waals surface area contributed by atoms with Gasteiger partial charge in [-0.1, -0.05) is 19.8 Å². The van der Waals surface area contributed by atoms with Crippen LogP contribution in [0.5, 0.6) is 0 Å². The Labute approximate surface area is 112 Å². The number of nitrogens with zero attached hydrogens (tertiary/aromatic N) is 1. The Morgan fingerprint density at radius 3 is 2.72 bits per heavy atom. The lowest BCUT2D eigenvalue weighted by Crippen LogP contribution is -2.52. The number of ether oxygens (including phenoxy) is 1. The summed E-state index contributed by atoms with van der Waals surface area (Å²) in [6.07, 6.45) is 9.72. The second-order valence-corrected chi connectivity index (χ2v) is 5.99. The van der Waals surface area contributed by atoms with E-state index in [-0.39, 0.29) is 0 Å². The summed E-state index contributed by atoms with van der Waals surface area (Å²) in [6.45, 7) is 5.51. The average molecular weight is 254 g/mol. The third-order valence-electron chi connectivity index (χ3n) is 4.47. The van der Waals surface area contributed by atoms with E-state index in [4.69, 9.17) is 4.74 Å². The number of hydrogen-bond donors (Lipinski definition) is 1. The molecule has 1 aliphatic heterocycles. The third-order valence-corrected chi connectivity index (χ3v) is 4.47. The van der Waals surface area contributed by atoms with Gasteiger partial charge in [-0.2, -0.15) is 0 Å². The summed E-state index contributed by atoms with van der Waals surface area (Å²) in [4.78, 5) is 2.56. The number of hydrogen-bond acceptors (Lipinski definition) is 3. The van der Waals surface area contributed by atoms with Crippen molar-refractivity contribution in [2.45, 2.75) is 70.1 Å². The maximum atomic E-state index is 5.77. The van der Waals surface area contributed by atoms with Gasteiger partial charge in [-0.3, -0.25) is 4.90 Å². The molecule has 0 aromatic rings. The Morgan fingerprint density at radius 2 is 2.00 bits per heavy atom. The fourth-order valence-electron chi connectivity index (χ4n) is 3.45. The Kier molecular flexibility index (Phi) is 5.93. The van der Waals surface area contributed by atoms with E-state index in [0.717, 1.165) is 25.7 Å². The normalized spacial score (nSPS) is 33.2. The summed E-state index contributed by atoms with van der Waals surface area (Å²) in [5.74, 6) is 0. The Hall–Kier alpha value is -0.120. The molecule has 0 amide bonds. The van der Waals surface area contributed by atoms with Gasteiger partial charge in [0.1, 0.15) is 0 Å². The van der Waals surface area contributed by atoms with E-state index in [1.165, 1.54) is 44.9 Å².